The Kier molecular flexibility index (Phi) is 2.37. The zero-order chi connectivity index (χ0) is 12.0. The van der Waals surface area contributed by atoms with Crippen LogP contribution in [0.3, 0.4) is 0 Å². The van der Waals surface area contributed by atoms with Gasteiger partial charge in [-0.1, -0.05) is 11.6 Å². The number of carbonyl (C=O) groups excluding carboxylic acids is 1. The Morgan fingerprint density at radius 3 is 2.82 bits per heavy atom. The monoisotopic (exact) mass is 248 g/mol. The minimum Gasteiger partial charge on any atom is -0.358 e. The molecule has 0 bridgehead atoms. The second-order valence-corrected chi connectivity index (χ2v) is 4.90. The lowest BCUT2D eigenvalue weighted by atomic mass is 10.1. The first-order valence-electron chi connectivity index (χ1n) is 5.74. The molecule has 0 unspecified atom stereocenters. The molecule has 1 aromatic heterocycles. The van der Waals surface area contributed by atoms with Crippen molar-refractivity contribution in [3.63, 3.8) is 0 Å². The Morgan fingerprint density at radius 1 is 1.41 bits per heavy atom. The fourth-order valence-corrected chi connectivity index (χ4v) is 2.42. The van der Waals surface area contributed by atoms with Crippen molar-refractivity contribution in [2.45, 2.75) is 13.3 Å². The topological polar surface area (TPSA) is 36.1 Å². The summed E-state index contributed by atoms with van der Waals surface area (Å²) in [7, 11) is 0. The summed E-state index contributed by atoms with van der Waals surface area (Å²) in [4.78, 5) is 17.4. The zero-order valence-corrected chi connectivity index (χ0v) is 10.3. The van der Waals surface area contributed by atoms with Crippen molar-refractivity contribution in [1.29, 1.82) is 0 Å². The van der Waals surface area contributed by atoms with Crippen molar-refractivity contribution < 1.29 is 4.79 Å². The van der Waals surface area contributed by atoms with Crippen LogP contribution in [0, 0.1) is 6.92 Å². The maximum Gasteiger partial charge on any atom is 0.256 e. The van der Waals surface area contributed by atoms with Crippen LogP contribution in [-0.2, 0) is 0 Å². The van der Waals surface area contributed by atoms with Gasteiger partial charge in [-0.15, -0.1) is 0 Å². The highest BCUT2D eigenvalue weighted by Crippen LogP contribution is 2.27. The molecule has 1 saturated heterocycles. The third kappa shape index (κ3) is 1.62. The van der Waals surface area contributed by atoms with E-state index < -0.39 is 0 Å². The van der Waals surface area contributed by atoms with Gasteiger partial charge in [0, 0.05) is 34.7 Å². The van der Waals surface area contributed by atoms with Crippen LogP contribution >= 0.6 is 11.6 Å². The van der Waals surface area contributed by atoms with Crippen molar-refractivity contribution in [3.05, 3.63) is 34.5 Å². The molecule has 3 nitrogen and oxygen atoms in total. The summed E-state index contributed by atoms with van der Waals surface area (Å²) >= 11 is 5.99. The Labute approximate surface area is 104 Å². The second kappa shape index (κ2) is 3.77. The molecule has 88 valence electrons. The van der Waals surface area contributed by atoms with Gasteiger partial charge in [-0.2, -0.15) is 0 Å². The molecule has 0 spiro atoms. The molecule has 0 atom stereocenters. The van der Waals surface area contributed by atoms with Gasteiger partial charge in [0.1, 0.15) is 0 Å². The van der Waals surface area contributed by atoms with Crippen molar-refractivity contribution in [2.75, 3.05) is 13.1 Å². The van der Waals surface area contributed by atoms with Crippen LogP contribution in [0.2, 0.25) is 5.02 Å². The summed E-state index contributed by atoms with van der Waals surface area (Å²) < 4.78 is 0. The first-order valence-corrected chi connectivity index (χ1v) is 6.12. The van der Waals surface area contributed by atoms with Crippen molar-refractivity contribution in [1.82, 2.24) is 9.88 Å². The number of amides is 1. The molecule has 2 aromatic rings. The van der Waals surface area contributed by atoms with Crippen molar-refractivity contribution >= 4 is 28.4 Å². The molecule has 0 radical (unpaired) electrons. The van der Waals surface area contributed by atoms with Crippen LogP contribution < -0.4 is 0 Å². The van der Waals surface area contributed by atoms with Crippen LogP contribution in [0.4, 0.5) is 0 Å². The smallest absolute Gasteiger partial charge is 0.256 e. The van der Waals surface area contributed by atoms with Crippen molar-refractivity contribution in [3.8, 4) is 0 Å². The molecule has 1 amide bonds. The van der Waals surface area contributed by atoms with Crippen molar-refractivity contribution in [2.24, 2.45) is 0 Å². The van der Waals surface area contributed by atoms with E-state index in [0.717, 1.165) is 41.7 Å². The van der Waals surface area contributed by atoms with Gasteiger partial charge in [0.05, 0.1) is 5.56 Å². The number of nitrogens with one attached hydrogen (secondary N) is 1. The minimum absolute atomic E-state index is 0.113. The predicted molar refractivity (Wildman–Crippen MR) is 68.6 cm³/mol. The molecule has 1 aromatic carbocycles. The van der Waals surface area contributed by atoms with Gasteiger partial charge in [0.15, 0.2) is 0 Å². The number of benzene rings is 1. The van der Waals surface area contributed by atoms with Gasteiger partial charge >= 0.3 is 0 Å². The van der Waals surface area contributed by atoms with Gasteiger partial charge in [-0.05, 0) is 31.5 Å². The predicted octanol–water partition coefficient (Wildman–Crippen LogP) is 2.98. The number of hydrogen-bond acceptors (Lipinski definition) is 1. The average Bonchev–Trinajstić information content (AvgIpc) is 2.50. The van der Waals surface area contributed by atoms with E-state index in [2.05, 4.69) is 4.98 Å². The van der Waals surface area contributed by atoms with Gasteiger partial charge < -0.3 is 9.88 Å². The Hall–Kier alpha value is -1.48. The number of likely N-dealkylation sites (tertiary alicyclic amines) is 1. The highest BCUT2D eigenvalue weighted by atomic mass is 35.5. The number of rotatable bonds is 1. The number of nitrogens with zero attached hydrogens (tertiary/aromatic N) is 1. The average molecular weight is 249 g/mol. The highest BCUT2D eigenvalue weighted by molar-refractivity contribution is 6.31. The second-order valence-electron chi connectivity index (χ2n) is 4.46. The van der Waals surface area contributed by atoms with E-state index in [9.17, 15) is 4.79 Å². The summed E-state index contributed by atoms with van der Waals surface area (Å²) in [5.41, 5.74) is 2.65. The number of hydrogen-bond donors (Lipinski definition) is 1. The molecule has 4 heteroatoms. The molecule has 0 aliphatic carbocycles. The standard InChI is InChI=1S/C13H13ClN2O/c1-8-12(13(17)16-5-2-6-16)10-7-9(14)3-4-11(10)15-8/h3-4,7,15H,2,5-6H2,1H3. The van der Waals surface area contributed by atoms with Crippen LogP contribution in [0.1, 0.15) is 22.5 Å². The van der Waals surface area contributed by atoms with E-state index >= 15 is 0 Å². The minimum atomic E-state index is 0.113. The van der Waals surface area contributed by atoms with Gasteiger partial charge in [0.25, 0.3) is 5.91 Å². The van der Waals surface area contributed by atoms with Crippen LogP contribution in [0.5, 0.6) is 0 Å². The van der Waals surface area contributed by atoms with Crippen LogP contribution in [0.25, 0.3) is 10.9 Å². The molecule has 17 heavy (non-hydrogen) atoms. The first kappa shape index (κ1) is 10.7. The molecule has 1 aliphatic heterocycles. The lowest BCUT2D eigenvalue weighted by molar-refractivity contribution is 0.0653. The normalized spacial score (nSPS) is 15.1. The fourth-order valence-electron chi connectivity index (χ4n) is 2.25. The van der Waals surface area contributed by atoms with Crippen LogP contribution in [0.15, 0.2) is 18.2 Å². The molecule has 2 heterocycles. The maximum atomic E-state index is 12.3. The zero-order valence-electron chi connectivity index (χ0n) is 9.59. The molecular weight excluding hydrogens is 236 g/mol. The van der Waals surface area contributed by atoms with E-state index in [1.807, 2.05) is 30.0 Å². The SMILES string of the molecule is Cc1[nH]c2ccc(Cl)cc2c1C(=O)N1CCC1. The summed E-state index contributed by atoms with van der Waals surface area (Å²) in [6.45, 7) is 3.66. The van der Waals surface area contributed by atoms with Crippen LogP contribution in [-0.4, -0.2) is 28.9 Å². The third-order valence-corrected chi connectivity index (χ3v) is 3.54. The first-order chi connectivity index (χ1) is 8.16. The summed E-state index contributed by atoms with van der Waals surface area (Å²) in [5.74, 6) is 0.113. The number of fused-ring (bicyclic) bond motifs is 1. The summed E-state index contributed by atoms with van der Waals surface area (Å²) in [6.07, 6.45) is 1.11. The number of carbonyl (C=O) groups is 1. The lowest BCUT2D eigenvalue weighted by Crippen LogP contribution is -2.42. The van der Waals surface area contributed by atoms with E-state index in [1.165, 1.54) is 0 Å². The largest absolute Gasteiger partial charge is 0.358 e. The van der Waals surface area contributed by atoms with E-state index in [-0.39, 0.29) is 5.91 Å². The van der Waals surface area contributed by atoms with Gasteiger partial charge in [-0.25, -0.2) is 0 Å². The Balaban J connectivity index is 2.16. The maximum absolute atomic E-state index is 12.3. The third-order valence-electron chi connectivity index (χ3n) is 3.31. The van der Waals surface area contributed by atoms with Gasteiger partial charge in [0.2, 0.25) is 0 Å². The van der Waals surface area contributed by atoms with Gasteiger partial charge in [-0.3, -0.25) is 4.79 Å². The number of H-pyrrole nitrogens is 1. The molecule has 1 aliphatic rings. The molecule has 1 fully saturated rings. The number of aryl methyl sites for hydroxylation is 1. The van der Waals surface area contributed by atoms with E-state index in [4.69, 9.17) is 11.6 Å². The fraction of sp³-hybridized carbons (Fsp3) is 0.308. The number of aromatic amines is 1. The summed E-state index contributed by atoms with van der Waals surface area (Å²) in [5, 5.41) is 1.58. The highest BCUT2D eigenvalue weighted by Gasteiger charge is 2.25. The summed E-state index contributed by atoms with van der Waals surface area (Å²) in [6, 6.07) is 5.60. The molecular formula is C13H13ClN2O. The number of aromatic nitrogens is 1. The molecule has 0 saturated carbocycles. The molecule has 3 rings (SSSR count). The Morgan fingerprint density at radius 2 is 2.18 bits per heavy atom. The quantitative estimate of drug-likeness (QED) is 0.828. The van der Waals surface area contributed by atoms with E-state index in [0.29, 0.717) is 5.02 Å². The Bertz CT molecular complexity index is 599. The number of halogens is 1. The lowest BCUT2D eigenvalue weighted by Gasteiger charge is -2.31. The molecule has 1 N–H and O–H groups in total. The van der Waals surface area contributed by atoms with E-state index in [1.54, 1.807) is 0 Å².